The predicted molar refractivity (Wildman–Crippen MR) is 94.2 cm³/mol. The standard InChI is InChI=1S/C20H29NO/c1-16-10-5-7-13-18(16)21(20(2,3)4)19-14-8-6-11-17(19)12-9-15-22/h5,7,10,13,15H,6,8-9,11-12,14H2,1-4H3. The second kappa shape index (κ2) is 7.13. The maximum atomic E-state index is 10.8. The van der Waals surface area contributed by atoms with Gasteiger partial charge >= 0.3 is 0 Å². The van der Waals surface area contributed by atoms with Crippen LogP contribution in [0.25, 0.3) is 0 Å². The number of rotatable bonds is 5. The highest BCUT2D eigenvalue weighted by Crippen LogP contribution is 2.38. The molecule has 2 nitrogen and oxygen atoms in total. The second-order valence-electron chi connectivity index (χ2n) is 7.26. The summed E-state index contributed by atoms with van der Waals surface area (Å²) in [6, 6.07) is 8.62. The molecule has 0 unspecified atom stereocenters. The van der Waals surface area contributed by atoms with Crippen molar-refractivity contribution < 1.29 is 4.79 Å². The Balaban J connectivity index is 2.50. The Labute approximate surface area is 135 Å². The van der Waals surface area contributed by atoms with Gasteiger partial charge in [-0.3, -0.25) is 0 Å². The Morgan fingerprint density at radius 1 is 1.14 bits per heavy atom. The van der Waals surface area contributed by atoms with Crippen LogP contribution < -0.4 is 4.90 Å². The SMILES string of the molecule is Cc1ccccc1N(C1=C(CCC=O)CCCC1)C(C)(C)C. The number of anilines is 1. The Morgan fingerprint density at radius 2 is 1.82 bits per heavy atom. The molecule has 0 aliphatic heterocycles. The number of aldehydes is 1. The maximum Gasteiger partial charge on any atom is 0.120 e. The van der Waals surface area contributed by atoms with E-state index in [9.17, 15) is 4.79 Å². The number of aryl methyl sites for hydroxylation is 1. The van der Waals surface area contributed by atoms with Crippen LogP contribution in [-0.2, 0) is 4.79 Å². The minimum absolute atomic E-state index is 0.0330. The van der Waals surface area contributed by atoms with Crippen molar-refractivity contribution in [2.24, 2.45) is 0 Å². The zero-order valence-corrected chi connectivity index (χ0v) is 14.5. The first-order valence-corrected chi connectivity index (χ1v) is 8.45. The fourth-order valence-electron chi connectivity index (χ4n) is 3.45. The van der Waals surface area contributed by atoms with Gasteiger partial charge in [-0.15, -0.1) is 0 Å². The lowest BCUT2D eigenvalue weighted by molar-refractivity contribution is -0.107. The van der Waals surface area contributed by atoms with E-state index in [0.717, 1.165) is 25.5 Å². The van der Waals surface area contributed by atoms with Crippen molar-refractivity contribution >= 4 is 12.0 Å². The Kier molecular flexibility index (Phi) is 5.44. The summed E-state index contributed by atoms with van der Waals surface area (Å²) in [5.74, 6) is 0. The van der Waals surface area contributed by atoms with Gasteiger partial charge < -0.3 is 9.69 Å². The van der Waals surface area contributed by atoms with E-state index in [1.165, 1.54) is 35.4 Å². The van der Waals surface area contributed by atoms with Crippen LogP contribution in [0.3, 0.4) is 0 Å². The summed E-state index contributed by atoms with van der Waals surface area (Å²) in [4.78, 5) is 13.3. The number of benzene rings is 1. The third-order valence-corrected chi connectivity index (χ3v) is 4.41. The number of hydrogen-bond acceptors (Lipinski definition) is 2. The highest BCUT2D eigenvalue weighted by atomic mass is 16.1. The Bertz CT molecular complexity index is 551. The molecule has 0 fully saturated rings. The van der Waals surface area contributed by atoms with Crippen LogP contribution in [0.2, 0.25) is 0 Å². The predicted octanol–water partition coefficient (Wildman–Crippen LogP) is 5.41. The van der Waals surface area contributed by atoms with Crippen molar-refractivity contribution in [3.63, 3.8) is 0 Å². The lowest BCUT2D eigenvalue weighted by Crippen LogP contribution is -2.42. The molecule has 0 saturated heterocycles. The van der Waals surface area contributed by atoms with E-state index >= 15 is 0 Å². The number of carbonyl (C=O) groups excluding carboxylic acids is 1. The first kappa shape index (κ1) is 16.8. The van der Waals surface area contributed by atoms with E-state index in [2.05, 4.69) is 56.9 Å². The monoisotopic (exact) mass is 299 g/mol. The molecule has 1 aliphatic carbocycles. The summed E-state index contributed by atoms with van der Waals surface area (Å²) < 4.78 is 0. The lowest BCUT2D eigenvalue weighted by Gasteiger charge is -2.43. The van der Waals surface area contributed by atoms with Crippen molar-refractivity contribution in [3.8, 4) is 0 Å². The summed E-state index contributed by atoms with van der Waals surface area (Å²) in [6.07, 6.45) is 7.37. The van der Waals surface area contributed by atoms with E-state index in [1.54, 1.807) is 0 Å². The average Bonchev–Trinajstić information content (AvgIpc) is 2.47. The minimum atomic E-state index is 0.0330. The van der Waals surface area contributed by atoms with Crippen LogP contribution in [0.15, 0.2) is 35.5 Å². The Hall–Kier alpha value is -1.57. The van der Waals surface area contributed by atoms with Crippen molar-refractivity contribution in [2.45, 2.75) is 71.8 Å². The molecular formula is C20H29NO. The molecule has 2 rings (SSSR count). The summed E-state index contributed by atoms with van der Waals surface area (Å²) in [7, 11) is 0. The first-order chi connectivity index (χ1) is 10.4. The minimum Gasteiger partial charge on any atom is -0.340 e. The zero-order chi connectivity index (χ0) is 16.2. The molecule has 0 saturated carbocycles. The molecular weight excluding hydrogens is 270 g/mol. The van der Waals surface area contributed by atoms with Crippen LogP contribution in [0.1, 0.15) is 64.9 Å². The van der Waals surface area contributed by atoms with E-state index in [-0.39, 0.29) is 5.54 Å². The molecule has 0 spiro atoms. The third kappa shape index (κ3) is 3.79. The van der Waals surface area contributed by atoms with Crippen LogP contribution in [0.5, 0.6) is 0 Å². The molecule has 0 N–H and O–H groups in total. The number of carbonyl (C=O) groups is 1. The van der Waals surface area contributed by atoms with E-state index in [0.29, 0.717) is 6.42 Å². The zero-order valence-electron chi connectivity index (χ0n) is 14.5. The fourth-order valence-corrected chi connectivity index (χ4v) is 3.45. The summed E-state index contributed by atoms with van der Waals surface area (Å²) in [6.45, 7) is 9.01. The summed E-state index contributed by atoms with van der Waals surface area (Å²) in [5, 5.41) is 0. The molecule has 1 aromatic rings. The summed E-state index contributed by atoms with van der Waals surface area (Å²) >= 11 is 0. The van der Waals surface area contributed by atoms with Gasteiger partial charge in [0.15, 0.2) is 0 Å². The van der Waals surface area contributed by atoms with E-state index < -0.39 is 0 Å². The van der Waals surface area contributed by atoms with Gasteiger partial charge in [0.05, 0.1) is 0 Å². The highest BCUT2D eigenvalue weighted by Gasteiger charge is 2.29. The molecule has 120 valence electrons. The topological polar surface area (TPSA) is 20.3 Å². The van der Waals surface area contributed by atoms with Crippen LogP contribution >= 0.6 is 0 Å². The number of hydrogen-bond donors (Lipinski definition) is 0. The van der Waals surface area contributed by atoms with Crippen LogP contribution in [-0.4, -0.2) is 11.8 Å². The highest BCUT2D eigenvalue weighted by molar-refractivity contribution is 5.60. The van der Waals surface area contributed by atoms with Crippen molar-refractivity contribution in [1.82, 2.24) is 0 Å². The molecule has 1 aromatic carbocycles. The van der Waals surface area contributed by atoms with Gasteiger partial charge in [-0.05, 0) is 71.4 Å². The molecule has 0 heterocycles. The molecule has 22 heavy (non-hydrogen) atoms. The fraction of sp³-hybridized carbons (Fsp3) is 0.550. The van der Waals surface area contributed by atoms with Gasteiger partial charge in [0.25, 0.3) is 0 Å². The molecule has 0 aromatic heterocycles. The van der Waals surface area contributed by atoms with E-state index in [4.69, 9.17) is 0 Å². The molecule has 0 atom stereocenters. The normalized spacial score (nSPS) is 15.8. The number of allylic oxidation sites excluding steroid dienone is 2. The lowest BCUT2D eigenvalue weighted by atomic mass is 9.89. The Morgan fingerprint density at radius 3 is 2.45 bits per heavy atom. The van der Waals surface area contributed by atoms with Crippen molar-refractivity contribution in [1.29, 1.82) is 0 Å². The molecule has 0 radical (unpaired) electrons. The third-order valence-electron chi connectivity index (χ3n) is 4.41. The van der Waals surface area contributed by atoms with Gasteiger partial charge in [-0.25, -0.2) is 0 Å². The van der Waals surface area contributed by atoms with Gasteiger partial charge in [-0.1, -0.05) is 23.8 Å². The number of nitrogens with zero attached hydrogens (tertiary/aromatic N) is 1. The molecule has 0 bridgehead atoms. The van der Waals surface area contributed by atoms with Gasteiger partial charge in [-0.2, -0.15) is 0 Å². The summed E-state index contributed by atoms with van der Waals surface area (Å²) in [5.41, 5.74) is 5.58. The van der Waals surface area contributed by atoms with Crippen LogP contribution in [0.4, 0.5) is 5.69 Å². The number of para-hydroxylation sites is 1. The first-order valence-electron chi connectivity index (χ1n) is 8.45. The van der Waals surface area contributed by atoms with Gasteiger partial charge in [0.1, 0.15) is 6.29 Å². The molecule has 0 amide bonds. The molecule has 2 heteroatoms. The second-order valence-corrected chi connectivity index (χ2v) is 7.26. The van der Waals surface area contributed by atoms with E-state index in [1.807, 2.05) is 0 Å². The van der Waals surface area contributed by atoms with Gasteiger partial charge in [0, 0.05) is 23.3 Å². The smallest absolute Gasteiger partial charge is 0.120 e. The van der Waals surface area contributed by atoms with Crippen LogP contribution in [0, 0.1) is 6.92 Å². The largest absolute Gasteiger partial charge is 0.340 e. The quantitative estimate of drug-likeness (QED) is 0.678. The van der Waals surface area contributed by atoms with Gasteiger partial charge in [0.2, 0.25) is 0 Å². The average molecular weight is 299 g/mol. The van der Waals surface area contributed by atoms with Crippen molar-refractivity contribution in [3.05, 3.63) is 41.1 Å². The molecule has 1 aliphatic rings. The van der Waals surface area contributed by atoms with Crippen molar-refractivity contribution in [2.75, 3.05) is 4.90 Å². The maximum absolute atomic E-state index is 10.8.